The third-order valence-electron chi connectivity index (χ3n) is 4.10. The molecule has 1 aromatic carbocycles. The zero-order chi connectivity index (χ0) is 14.0. The highest BCUT2D eigenvalue weighted by molar-refractivity contribution is 6.31. The number of halogens is 1. The number of rotatable bonds is 3. The predicted octanol–water partition coefficient (Wildman–Crippen LogP) is 4.05. The van der Waals surface area contributed by atoms with E-state index in [-0.39, 0.29) is 5.56 Å². The molecule has 3 nitrogen and oxygen atoms in total. The summed E-state index contributed by atoms with van der Waals surface area (Å²) in [6.45, 7) is 2.28. The normalized spacial score (nSPS) is 23.1. The minimum atomic E-state index is -0.923. The molecule has 0 saturated heterocycles. The van der Waals surface area contributed by atoms with Crippen LogP contribution in [0.5, 0.6) is 0 Å². The molecule has 0 bridgehead atoms. The fourth-order valence-corrected chi connectivity index (χ4v) is 2.99. The Morgan fingerprint density at radius 1 is 1.32 bits per heavy atom. The van der Waals surface area contributed by atoms with Gasteiger partial charge in [0.2, 0.25) is 0 Å². The van der Waals surface area contributed by atoms with Crippen molar-refractivity contribution in [1.29, 1.82) is 0 Å². The molecule has 19 heavy (non-hydrogen) atoms. The first kappa shape index (κ1) is 14.2. The Labute approximate surface area is 119 Å². The summed E-state index contributed by atoms with van der Waals surface area (Å²) in [4.78, 5) is 13.4. The van der Waals surface area contributed by atoms with Crippen LogP contribution >= 0.6 is 11.6 Å². The second kappa shape index (κ2) is 5.83. The van der Waals surface area contributed by atoms with E-state index in [0.717, 1.165) is 24.4 Å². The van der Waals surface area contributed by atoms with E-state index < -0.39 is 5.97 Å². The Hall–Kier alpha value is -1.22. The van der Waals surface area contributed by atoms with Crippen LogP contribution in [-0.4, -0.2) is 24.2 Å². The molecule has 1 N–H and O–H groups in total. The zero-order valence-corrected chi connectivity index (χ0v) is 12.2. The largest absolute Gasteiger partial charge is 0.478 e. The average molecular weight is 282 g/mol. The van der Waals surface area contributed by atoms with E-state index in [2.05, 4.69) is 11.8 Å². The number of benzene rings is 1. The average Bonchev–Trinajstić information content (AvgIpc) is 2.38. The van der Waals surface area contributed by atoms with Gasteiger partial charge in [-0.2, -0.15) is 0 Å². The van der Waals surface area contributed by atoms with Crippen LogP contribution in [0.1, 0.15) is 43.0 Å². The monoisotopic (exact) mass is 281 g/mol. The summed E-state index contributed by atoms with van der Waals surface area (Å²) in [6.07, 6.45) is 4.68. The van der Waals surface area contributed by atoms with Crippen molar-refractivity contribution in [3.8, 4) is 0 Å². The van der Waals surface area contributed by atoms with Crippen LogP contribution in [0.25, 0.3) is 0 Å². The van der Waals surface area contributed by atoms with Gasteiger partial charge >= 0.3 is 5.97 Å². The van der Waals surface area contributed by atoms with E-state index in [9.17, 15) is 9.90 Å². The Bertz CT molecular complexity index is 467. The maximum Gasteiger partial charge on any atom is 0.337 e. The number of nitrogens with zero attached hydrogens (tertiary/aromatic N) is 1. The third-order valence-corrected chi connectivity index (χ3v) is 4.34. The van der Waals surface area contributed by atoms with Crippen LogP contribution in [-0.2, 0) is 0 Å². The summed E-state index contributed by atoms with van der Waals surface area (Å²) in [5.74, 6) is -0.137. The lowest BCUT2D eigenvalue weighted by molar-refractivity contribution is 0.0697. The fourth-order valence-electron chi connectivity index (χ4n) is 2.81. The van der Waals surface area contributed by atoms with Gasteiger partial charge < -0.3 is 10.0 Å². The number of carbonyl (C=O) groups is 1. The van der Waals surface area contributed by atoms with Gasteiger partial charge in [-0.1, -0.05) is 18.5 Å². The van der Waals surface area contributed by atoms with E-state index in [1.807, 2.05) is 13.1 Å². The third kappa shape index (κ3) is 3.21. The summed E-state index contributed by atoms with van der Waals surface area (Å²) in [5, 5.41) is 9.76. The number of anilines is 1. The Kier molecular flexibility index (Phi) is 4.35. The summed E-state index contributed by atoms with van der Waals surface area (Å²) in [6, 6.07) is 5.52. The lowest BCUT2D eigenvalue weighted by atomic mass is 9.86. The summed E-state index contributed by atoms with van der Waals surface area (Å²) in [5.41, 5.74) is 1.05. The van der Waals surface area contributed by atoms with Crippen molar-refractivity contribution in [2.75, 3.05) is 11.9 Å². The lowest BCUT2D eigenvalue weighted by Crippen LogP contribution is -2.35. The first-order valence-corrected chi connectivity index (χ1v) is 7.12. The van der Waals surface area contributed by atoms with Crippen molar-refractivity contribution >= 4 is 23.3 Å². The zero-order valence-electron chi connectivity index (χ0n) is 11.4. The lowest BCUT2D eigenvalue weighted by Gasteiger charge is -2.35. The quantitative estimate of drug-likeness (QED) is 0.908. The summed E-state index contributed by atoms with van der Waals surface area (Å²) < 4.78 is 0. The second-order valence-electron chi connectivity index (χ2n) is 5.49. The predicted molar refractivity (Wildman–Crippen MR) is 78.2 cm³/mol. The van der Waals surface area contributed by atoms with Crippen LogP contribution < -0.4 is 4.90 Å². The van der Waals surface area contributed by atoms with Gasteiger partial charge in [0.1, 0.15) is 0 Å². The van der Waals surface area contributed by atoms with E-state index in [1.165, 1.54) is 18.9 Å². The van der Waals surface area contributed by atoms with Crippen molar-refractivity contribution in [2.24, 2.45) is 5.92 Å². The molecule has 0 unspecified atom stereocenters. The van der Waals surface area contributed by atoms with E-state index >= 15 is 0 Å². The number of hydrogen-bond donors (Lipinski definition) is 1. The molecule has 1 aliphatic carbocycles. The molecule has 0 radical (unpaired) electrons. The van der Waals surface area contributed by atoms with Crippen molar-refractivity contribution in [1.82, 2.24) is 0 Å². The molecule has 1 fully saturated rings. The molecular weight excluding hydrogens is 262 g/mol. The Morgan fingerprint density at radius 3 is 2.53 bits per heavy atom. The van der Waals surface area contributed by atoms with Crippen LogP contribution in [0.2, 0.25) is 5.02 Å². The highest BCUT2D eigenvalue weighted by Gasteiger charge is 2.24. The molecule has 1 saturated carbocycles. The molecule has 0 amide bonds. The van der Waals surface area contributed by atoms with E-state index in [4.69, 9.17) is 11.6 Å². The van der Waals surface area contributed by atoms with Crippen LogP contribution in [0.4, 0.5) is 5.69 Å². The van der Waals surface area contributed by atoms with Gasteiger partial charge in [-0.05, 0) is 49.8 Å². The van der Waals surface area contributed by atoms with Gasteiger partial charge in [-0.25, -0.2) is 4.79 Å². The molecule has 1 aromatic rings. The maximum absolute atomic E-state index is 11.3. The molecule has 0 aliphatic heterocycles. The topological polar surface area (TPSA) is 40.5 Å². The molecule has 104 valence electrons. The molecule has 2 rings (SSSR count). The Balaban J connectivity index is 2.23. The van der Waals surface area contributed by atoms with Crippen LogP contribution in [0, 0.1) is 5.92 Å². The molecule has 1 aliphatic rings. The fraction of sp³-hybridized carbons (Fsp3) is 0.533. The van der Waals surface area contributed by atoms with Gasteiger partial charge in [-0.3, -0.25) is 0 Å². The molecule has 0 atom stereocenters. The van der Waals surface area contributed by atoms with Gasteiger partial charge in [-0.15, -0.1) is 0 Å². The first-order chi connectivity index (χ1) is 8.99. The van der Waals surface area contributed by atoms with Crippen molar-refractivity contribution in [2.45, 2.75) is 38.6 Å². The number of carboxylic acids is 1. The number of aromatic carboxylic acids is 1. The second-order valence-corrected chi connectivity index (χ2v) is 5.93. The molecule has 0 aromatic heterocycles. The van der Waals surface area contributed by atoms with Crippen molar-refractivity contribution in [3.63, 3.8) is 0 Å². The van der Waals surface area contributed by atoms with Crippen LogP contribution in [0.15, 0.2) is 18.2 Å². The van der Waals surface area contributed by atoms with E-state index in [1.54, 1.807) is 6.07 Å². The minimum absolute atomic E-state index is 0.286. The number of hydrogen-bond acceptors (Lipinski definition) is 2. The highest BCUT2D eigenvalue weighted by Crippen LogP contribution is 2.32. The SMILES string of the molecule is CC1CCC(N(C)c2ccc(Cl)cc2C(=O)O)CC1. The smallest absolute Gasteiger partial charge is 0.337 e. The number of carboxylic acid groups (broad SMARTS) is 1. The molecule has 0 heterocycles. The van der Waals surface area contributed by atoms with Crippen LogP contribution in [0.3, 0.4) is 0 Å². The highest BCUT2D eigenvalue weighted by atomic mass is 35.5. The minimum Gasteiger partial charge on any atom is -0.478 e. The van der Waals surface area contributed by atoms with Crippen molar-refractivity contribution in [3.05, 3.63) is 28.8 Å². The summed E-state index contributed by atoms with van der Waals surface area (Å²) in [7, 11) is 1.98. The van der Waals surface area contributed by atoms with Crippen molar-refractivity contribution < 1.29 is 9.90 Å². The standard InChI is InChI=1S/C15H20ClNO2/c1-10-3-6-12(7-4-10)17(2)14-8-5-11(16)9-13(14)15(18)19/h5,8-10,12H,3-4,6-7H2,1-2H3,(H,18,19). The molecule has 4 heteroatoms. The maximum atomic E-state index is 11.3. The van der Waals surface area contributed by atoms with Gasteiger partial charge in [0.05, 0.1) is 11.3 Å². The van der Waals surface area contributed by atoms with Gasteiger partial charge in [0, 0.05) is 18.1 Å². The van der Waals surface area contributed by atoms with Gasteiger partial charge in [0.25, 0.3) is 0 Å². The van der Waals surface area contributed by atoms with E-state index in [0.29, 0.717) is 11.1 Å². The molecule has 0 spiro atoms. The van der Waals surface area contributed by atoms with Gasteiger partial charge in [0.15, 0.2) is 0 Å². The summed E-state index contributed by atoms with van der Waals surface area (Å²) >= 11 is 5.89. The first-order valence-electron chi connectivity index (χ1n) is 6.74. The Morgan fingerprint density at radius 2 is 1.95 bits per heavy atom. The molecular formula is C15H20ClNO2.